The van der Waals surface area contributed by atoms with Crippen molar-refractivity contribution in [3.8, 4) is 0 Å². The van der Waals surface area contributed by atoms with Gasteiger partial charge in [0.15, 0.2) is 0 Å². The summed E-state index contributed by atoms with van der Waals surface area (Å²) in [6, 6.07) is -0.202. The van der Waals surface area contributed by atoms with Gasteiger partial charge in [-0.25, -0.2) is 0 Å². The highest BCUT2D eigenvalue weighted by Gasteiger charge is 2.60. The molecule has 70 valence electrons. The highest BCUT2D eigenvalue weighted by atomic mass is 16.4. The molecule has 6 heteroatoms. The highest BCUT2D eigenvalue weighted by molar-refractivity contribution is 5.74. The smallest absolute Gasteiger partial charge is 0.320 e. The summed E-state index contributed by atoms with van der Waals surface area (Å²) >= 11 is 0. The number of hydrogen-bond acceptors (Lipinski definition) is 3. The molecule has 1 aliphatic heterocycles. The number of nitrogens with one attached hydrogen (secondary N) is 1. The van der Waals surface area contributed by atoms with E-state index in [2.05, 4.69) is 15.3 Å². The maximum atomic E-state index is 10.6. The number of hydrogen-bond donors (Lipinski definition) is 2. The van der Waals surface area contributed by atoms with Crippen LogP contribution in [0.2, 0.25) is 0 Å². The van der Waals surface area contributed by atoms with Crippen LogP contribution in [0.1, 0.15) is 12.8 Å². The number of carbonyl (C=O) groups is 1. The zero-order chi connectivity index (χ0) is 9.47. The van der Waals surface area contributed by atoms with Gasteiger partial charge in [-0.05, 0) is 23.8 Å². The molecule has 3 atom stereocenters. The highest BCUT2D eigenvalue weighted by Crippen LogP contribution is 2.54. The van der Waals surface area contributed by atoms with E-state index in [-0.39, 0.29) is 11.5 Å². The summed E-state index contributed by atoms with van der Waals surface area (Å²) in [5, 5.41) is 15.2. The minimum absolute atomic E-state index is 0.0463. The normalized spacial score (nSPS) is 40.6. The zero-order valence-electron chi connectivity index (χ0n) is 6.97. The molecule has 0 aromatic rings. The van der Waals surface area contributed by atoms with E-state index in [1.54, 1.807) is 0 Å². The molecule has 2 aliphatic rings. The molecule has 1 saturated carbocycles. The molecule has 6 nitrogen and oxygen atoms in total. The van der Waals surface area contributed by atoms with Gasteiger partial charge in [0.05, 0.1) is 0 Å². The van der Waals surface area contributed by atoms with Crippen molar-refractivity contribution in [1.29, 1.82) is 0 Å². The second-order valence-corrected chi connectivity index (χ2v) is 3.77. The Labute approximate surface area is 74.6 Å². The van der Waals surface area contributed by atoms with Crippen molar-refractivity contribution in [3.05, 3.63) is 10.4 Å². The van der Waals surface area contributed by atoms with Crippen LogP contribution in [-0.2, 0) is 4.79 Å². The molecule has 0 unspecified atom stereocenters. The van der Waals surface area contributed by atoms with E-state index in [0.29, 0.717) is 13.0 Å². The van der Waals surface area contributed by atoms with Crippen LogP contribution in [0.3, 0.4) is 0 Å². The second kappa shape index (κ2) is 2.61. The zero-order valence-corrected chi connectivity index (χ0v) is 6.97. The molecule has 13 heavy (non-hydrogen) atoms. The van der Waals surface area contributed by atoms with Gasteiger partial charge in [0.2, 0.25) is 0 Å². The lowest BCUT2D eigenvalue weighted by Crippen LogP contribution is -2.33. The molecule has 0 radical (unpaired) electrons. The molecule has 2 rings (SSSR count). The summed E-state index contributed by atoms with van der Waals surface area (Å²) in [6.45, 7) is 0.422. The van der Waals surface area contributed by atoms with Crippen LogP contribution in [0.25, 0.3) is 10.4 Å². The quantitative estimate of drug-likeness (QED) is 0.377. The van der Waals surface area contributed by atoms with Crippen LogP contribution in [-0.4, -0.2) is 29.7 Å². The van der Waals surface area contributed by atoms with Crippen LogP contribution in [0.15, 0.2) is 5.11 Å². The number of carboxylic acids is 1. The summed E-state index contributed by atoms with van der Waals surface area (Å²) in [5.41, 5.74) is 8.11. The van der Waals surface area contributed by atoms with Crippen LogP contribution < -0.4 is 5.32 Å². The van der Waals surface area contributed by atoms with E-state index in [4.69, 9.17) is 10.6 Å². The number of nitrogens with zero attached hydrogens (tertiary/aromatic N) is 3. The molecular formula is C7H10N4O2. The lowest BCUT2D eigenvalue weighted by Gasteiger charge is -2.09. The van der Waals surface area contributed by atoms with Crippen molar-refractivity contribution in [2.45, 2.75) is 24.9 Å². The standard InChI is InChI=1S/C7H10N4O2/c8-11-9-3-7-1-4(6(12)13)10-5(7)2-7/h4-5,10H,1-3H2,(H,12,13)/t4-,5-,7+/m0/s1. The molecule has 2 N–H and O–H groups in total. The van der Waals surface area contributed by atoms with Gasteiger partial charge < -0.3 is 10.4 Å². The number of rotatable bonds is 3. The van der Waals surface area contributed by atoms with Gasteiger partial charge in [-0.3, -0.25) is 4.79 Å². The third-order valence-electron chi connectivity index (χ3n) is 2.95. The van der Waals surface area contributed by atoms with Crippen molar-refractivity contribution in [3.63, 3.8) is 0 Å². The molecule has 1 saturated heterocycles. The summed E-state index contributed by atoms with van der Waals surface area (Å²) in [4.78, 5) is 13.3. The molecule has 2 fully saturated rings. The van der Waals surface area contributed by atoms with E-state index < -0.39 is 12.0 Å². The van der Waals surface area contributed by atoms with Crippen molar-refractivity contribution >= 4 is 5.97 Å². The number of aliphatic carboxylic acids is 1. The first-order valence-corrected chi connectivity index (χ1v) is 4.18. The molecule has 0 bridgehead atoms. The largest absolute Gasteiger partial charge is 0.480 e. The Balaban J connectivity index is 1.99. The Morgan fingerprint density at radius 2 is 2.54 bits per heavy atom. The van der Waals surface area contributed by atoms with E-state index in [9.17, 15) is 4.79 Å². The molecule has 0 amide bonds. The second-order valence-electron chi connectivity index (χ2n) is 3.77. The third kappa shape index (κ3) is 1.24. The van der Waals surface area contributed by atoms with Gasteiger partial charge in [-0.1, -0.05) is 5.11 Å². The fraction of sp³-hybridized carbons (Fsp3) is 0.857. The predicted octanol–water partition coefficient (Wildman–Crippen LogP) is 0.502. The van der Waals surface area contributed by atoms with Crippen LogP contribution in [0.5, 0.6) is 0 Å². The van der Waals surface area contributed by atoms with Crippen molar-refractivity contribution in [2.24, 2.45) is 10.5 Å². The first kappa shape index (κ1) is 8.34. The summed E-state index contributed by atoms with van der Waals surface area (Å²) in [5.74, 6) is -0.812. The number of carboxylic acid groups (broad SMARTS) is 1. The maximum Gasteiger partial charge on any atom is 0.320 e. The van der Waals surface area contributed by atoms with Crippen LogP contribution >= 0.6 is 0 Å². The van der Waals surface area contributed by atoms with Crippen molar-refractivity contribution in [2.75, 3.05) is 6.54 Å². The fourth-order valence-corrected chi connectivity index (χ4v) is 2.09. The Morgan fingerprint density at radius 1 is 1.77 bits per heavy atom. The number of piperidine rings is 1. The topological polar surface area (TPSA) is 98.1 Å². The number of azide groups is 1. The molecule has 0 aromatic carbocycles. The van der Waals surface area contributed by atoms with Crippen molar-refractivity contribution < 1.29 is 9.90 Å². The van der Waals surface area contributed by atoms with E-state index in [1.807, 2.05) is 0 Å². The monoisotopic (exact) mass is 182 g/mol. The van der Waals surface area contributed by atoms with Gasteiger partial charge in [-0.15, -0.1) is 0 Å². The summed E-state index contributed by atoms with van der Waals surface area (Å²) in [6.07, 6.45) is 1.53. The third-order valence-corrected chi connectivity index (χ3v) is 2.95. The SMILES string of the molecule is [N-]=[N+]=NC[C@]12C[C@@H](C(=O)O)N[C@H]1C2. The Morgan fingerprint density at radius 3 is 3.08 bits per heavy atom. The fourth-order valence-electron chi connectivity index (χ4n) is 2.09. The van der Waals surface area contributed by atoms with Gasteiger partial charge in [0.25, 0.3) is 0 Å². The molecule has 0 aromatic heterocycles. The van der Waals surface area contributed by atoms with Crippen molar-refractivity contribution in [1.82, 2.24) is 5.32 Å². The molecule has 0 spiro atoms. The number of fused-ring (bicyclic) bond motifs is 1. The lowest BCUT2D eigenvalue weighted by atomic mass is 10.0. The van der Waals surface area contributed by atoms with E-state index in [1.165, 1.54) is 0 Å². The van der Waals surface area contributed by atoms with Gasteiger partial charge in [-0.2, -0.15) is 0 Å². The average Bonchev–Trinajstić information content (AvgIpc) is 2.65. The first-order valence-electron chi connectivity index (χ1n) is 4.18. The van der Waals surface area contributed by atoms with E-state index in [0.717, 1.165) is 6.42 Å². The van der Waals surface area contributed by atoms with Gasteiger partial charge >= 0.3 is 5.97 Å². The lowest BCUT2D eigenvalue weighted by molar-refractivity contribution is -0.139. The minimum Gasteiger partial charge on any atom is -0.480 e. The first-order chi connectivity index (χ1) is 6.18. The molecule has 1 aliphatic carbocycles. The summed E-state index contributed by atoms with van der Waals surface area (Å²) in [7, 11) is 0. The summed E-state index contributed by atoms with van der Waals surface area (Å²) < 4.78 is 0. The van der Waals surface area contributed by atoms with Crippen LogP contribution in [0, 0.1) is 5.41 Å². The average molecular weight is 182 g/mol. The van der Waals surface area contributed by atoms with E-state index >= 15 is 0 Å². The minimum atomic E-state index is -0.812. The maximum absolute atomic E-state index is 10.6. The Hall–Kier alpha value is -1.26. The molecular weight excluding hydrogens is 172 g/mol. The Kier molecular flexibility index (Phi) is 1.68. The van der Waals surface area contributed by atoms with Crippen LogP contribution in [0.4, 0.5) is 0 Å². The predicted molar refractivity (Wildman–Crippen MR) is 44.0 cm³/mol. The van der Waals surface area contributed by atoms with Gasteiger partial charge in [0.1, 0.15) is 6.04 Å². The molecule has 1 heterocycles. The van der Waals surface area contributed by atoms with Gasteiger partial charge in [0, 0.05) is 17.5 Å². The Bertz CT molecular complexity index is 299.